The maximum Gasteiger partial charge on any atom is 0.258 e. The van der Waals surface area contributed by atoms with E-state index in [0.717, 1.165) is 11.3 Å². The first-order chi connectivity index (χ1) is 15.6. The monoisotopic (exact) mass is 425 g/mol. The van der Waals surface area contributed by atoms with E-state index in [-0.39, 0.29) is 24.3 Å². The molecule has 1 N–H and O–H groups in total. The minimum Gasteiger partial charge on any atom is -0.484 e. The van der Waals surface area contributed by atoms with Crippen molar-refractivity contribution in [2.75, 3.05) is 6.61 Å². The molecule has 1 unspecified atom stereocenters. The molecule has 6 heteroatoms. The molecule has 0 saturated heterocycles. The first-order valence-corrected chi connectivity index (χ1v) is 10.3. The highest BCUT2D eigenvalue weighted by atomic mass is 16.5. The summed E-state index contributed by atoms with van der Waals surface area (Å²) < 4.78 is 7.50. The van der Waals surface area contributed by atoms with Crippen molar-refractivity contribution in [1.82, 2.24) is 14.9 Å². The van der Waals surface area contributed by atoms with Crippen LogP contribution < -0.4 is 10.1 Å². The number of benzene rings is 3. The van der Waals surface area contributed by atoms with Crippen molar-refractivity contribution < 1.29 is 14.3 Å². The van der Waals surface area contributed by atoms with Crippen LogP contribution in [-0.2, 0) is 4.79 Å². The maximum atomic E-state index is 12.5. The third-order valence-electron chi connectivity index (χ3n) is 5.10. The van der Waals surface area contributed by atoms with Gasteiger partial charge in [0.25, 0.3) is 5.91 Å². The fourth-order valence-electron chi connectivity index (χ4n) is 3.32. The maximum absolute atomic E-state index is 12.5. The molecule has 32 heavy (non-hydrogen) atoms. The zero-order valence-corrected chi connectivity index (χ0v) is 17.6. The van der Waals surface area contributed by atoms with Crippen LogP contribution in [0, 0.1) is 0 Å². The normalized spacial score (nSPS) is 11.5. The molecule has 0 bridgehead atoms. The predicted octanol–water partition coefficient (Wildman–Crippen LogP) is 4.36. The average Bonchev–Trinajstić information content (AvgIpc) is 3.38. The Morgan fingerprint density at radius 3 is 2.28 bits per heavy atom. The summed E-state index contributed by atoms with van der Waals surface area (Å²) in [6.45, 7) is 1.82. The third-order valence-corrected chi connectivity index (χ3v) is 5.10. The Hall–Kier alpha value is -4.19. The number of carbonyl (C=O) groups excluding carboxylic acids is 2. The van der Waals surface area contributed by atoms with Crippen LogP contribution in [0.3, 0.4) is 0 Å². The summed E-state index contributed by atoms with van der Waals surface area (Å²) in [5, 5.41) is 2.93. The summed E-state index contributed by atoms with van der Waals surface area (Å²) >= 11 is 0. The molecule has 3 aromatic carbocycles. The summed E-state index contributed by atoms with van der Waals surface area (Å²) in [6, 6.07) is 23.6. The van der Waals surface area contributed by atoms with Crippen molar-refractivity contribution in [3.63, 3.8) is 0 Å². The van der Waals surface area contributed by atoms with Gasteiger partial charge in [0.05, 0.1) is 12.4 Å². The van der Waals surface area contributed by atoms with Gasteiger partial charge in [0.15, 0.2) is 12.4 Å². The highest BCUT2D eigenvalue weighted by Crippen LogP contribution is 2.17. The number of amides is 1. The van der Waals surface area contributed by atoms with Gasteiger partial charge in [-0.3, -0.25) is 9.59 Å². The molecule has 0 fully saturated rings. The number of nitrogens with zero attached hydrogens (tertiary/aromatic N) is 2. The number of nitrogens with one attached hydrogen (secondary N) is 1. The van der Waals surface area contributed by atoms with Crippen LogP contribution in [0.4, 0.5) is 0 Å². The Morgan fingerprint density at radius 2 is 1.62 bits per heavy atom. The van der Waals surface area contributed by atoms with Gasteiger partial charge in [0.2, 0.25) is 0 Å². The Bertz CT molecular complexity index is 1170. The first-order valence-electron chi connectivity index (χ1n) is 10.3. The van der Waals surface area contributed by atoms with Gasteiger partial charge in [-0.25, -0.2) is 4.98 Å². The second kappa shape index (κ2) is 9.75. The zero-order valence-electron chi connectivity index (χ0n) is 17.6. The Balaban J connectivity index is 1.28. The molecule has 1 amide bonds. The third kappa shape index (κ3) is 5.10. The number of rotatable bonds is 8. The second-order valence-electron chi connectivity index (χ2n) is 7.36. The number of carbonyl (C=O) groups is 2. The van der Waals surface area contributed by atoms with Crippen LogP contribution in [0.1, 0.15) is 34.5 Å². The quantitative estimate of drug-likeness (QED) is 0.426. The van der Waals surface area contributed by atoms with Crippen LogP contribution in [0.2, 0.25) is 0 Å². The standard InChI is InChI=1S/C26H23N3O3/c1-19(20-7-11-23(12-8-20)29-16-15-27-18-29)28-25(30)17-32-24-13-9-22(10-14-24)26(31)21-5-3-2-4-6-21/h2-16,18-19H,17H2,1H3,(H,28,30). The van der Waals surface area contributed by atoms with E-state index in [9.17, 15) is 9.59 Å². The summed E-state index contributed by atoms with van der Waals surface area (Å²) in [5.41, 5.74) is 3.20. The van der Waals surface area contributed by atoms with Gasteiger partial charge in [0.1, 0.15) is 5.75 Å². The molecule has 0 aliphatic heterocycles. The highest BCUT2D eigenvalue weighted by Gasteiger charge is 2.12. The molecule has 0 radical (unpaired) electrons. The van der Waals surface area contributed by atoms with Crippen molar-refractivity contribution in [3.05, 3.63) is 114 Å². The minimum atomic E-state index is -0.222. The molecule has 0 saturated carbocycles. The molecule has 4 rings (SSSR count). The second-order valence-corrected chi connectivity index (χ2v) is 7.36. The number of ketones is 1. The van der Waals surface area contributed by atoms with Crippen molar-refractivity contribution in [2.45, 2.75) is 13.0 Å². The van der Waals surface area contributed by atoms with E-state index >= 15 is 0 Å². The number of hydrogen-bond donors (Lipinski definition) is 1. The molecular weight excluding hydrogens is 402 g/mol. The van der Waals surface area contributed by atoms with Crippen molar-refractivity contribution >= 4 is 11.7 Å². The summed E-state index contributed by atoms with van der Waals surface area (Å²) in [7, 11) is 0. The van der Waals surface area contributed by atoms with Crippen LogP contribution in [0.15, 0.2) is 97.6 Å². The van der Waals surface area contributed by atoms with Crippen molar-refractivity contribution in [2.24, 2.45) is 0 Å². The predicted molar refractivity (Wildman–Crippen MR) is 122 cm³/mol. The van der Waals surface area contributed by atoms with E-state index < -0.39 is 0 Å². The average molecular weight is 425 g/mol. The van der Waals surface area contributed by atoms with E-state index in [1.54, 1.807) is 48.9 Å². The molecule has 1 atom stereocenters. The zero-order chi connectivity index (χ0) is 22.3. The van der Waals surface area contributed by atoms with Crippen LogP contribution in [-0.4, -0.2) is 27.8 Å². The van der Waals surface area contributed by atoms with Gasteiger partial charge >= 0.3 is 0 Å². The molecule has 1 heterocycles. The largest absolute Gasteiger partial charge is 0.484 e. The lowest BCUT2D eigenvalue weighted by atomic mass is 10.0. The fraction of sp³-hybridized carbons (Fsp3) is 0.115. The number of hydrogen-bond acceptors (Lipinski definition) is 4. The van der Waals surface area contributed by atoms with Crippen molar-refractivity contribution in [3.8, 4) is 11.4 Å². The Labute approximate surface area is 186 Å². The molecule has 0 aliphatic rings. The van der Waals surface area contributed by atoms with E-state index in [4.69, 9.17) is 4.74 Å². The highest BCUT2D eigenvalue weighted by molar-refractivity contribution is 6.08. The molecule has 0 spiro atoms. The molecule has 6 nitrogen and oxygen atoms in total. The van der Waals surface area contributed by atoms with Gasteiger partial charge in [0, 0.05) is 29.2 Å². The lowest BCUT2D eigenvalue weighted by molar-refractivity contribution is -0.123. The fourth-order valence-corrected chi connectivity index (χ4v) is 3.32. The Kier molecular flexibility index (Phi) is 6.41. The van der Waals surface area contributed by atoms with E-state index in [1.807, 2.05) is 60.2 Å². The van der Waals surface area contributed by atoms with Crippen LogP contribution in [0.5, 0.6) is 5.75 Å². The van der Waals surface area contributed by atoms with Gasteiger partial charge in [-0.15, -0.1) is 0 Å². The SMILES string of the molecule is CC(NC(=O)COc1ccc(C(=O)c2ccccc2)cc1)c1ccc(-n2ccnc2)cc1. The smallest absolute Gasteiger partial charge is 0.258 e. The van der Waals surface area contributed by atoms with E-state index in [0.29, 0.717) is 16.9 Å². The minimum absolute atomic E-state index is 0.0530. The lowest BCUT2D eigenvalue weighted by Crippen LogP contribution is -2.31. The van der Waals surface area contributed by atoms with Gasteiger partial charge < -0.3 is 14.6 Å². The van der Waals surface area contributed by atoms with Gasteiger partial charge in [-0.1, -0.05) is 42.5 Å². The van der Waals surface area contributed by atoms with Crippen molar-refractivity contribution in [1.29, 1.82) is 0 Å². The lowest BCUT2D eigenvalue weighted by Gasteiger charge is -2.15. The van der Waals surface area contributed by atoms with Gasteiger partial charge in [-0.2, -0.15) is 0 Å². The van der Waals surface area contributed by atoms with E-state index in [2.05, 4.69) is 10.3 Å². The molecule has 1 aromatic heterocycles. The summed E-state index contributed by atoms with van der Waals surface area (Å²) in [5.74, 6) is 0.255. The summed E-state index contributed by atoms with van der Waals surface area (Å²) in [4.78, 5) is 28.8. The molecule has 0 aliphatic carbocycles. The number of aromatic nitrogens is 2. The first kappa shape index (κ1) is 21.1. The molecular formula is C26H23N3O3. The topological polar surface area (TPSA) is 73.2 Å². The number of ether oxygens (including phenoxy) is 1. The molecule has 160 valence electrons. The number of imidazole rings is 1. The van der Waals surface area contributed by atoms with Crippen LogP contribution >= 0.6 is 0 Å². The van der Waals surface area contributed by atoms with Gasteiger partial charge in [-0.05, 0) is 48.9 Å². The molecule has 4 aromatic rings. The van der Waals surface area contributed by atoms with E-state index in [1.165, 1.54) is 0 Å². The Morgan fingerprint density at radius 1 is 0.938 bits per heavy atom. The van der Waals surface area contributed by atoms with Crippen LogP contribution in [0.25, 0.3) is 5.69 Å². The summed E-state index contributed by atoms with van der Waals surface area (Å²) in [6.07, 6.45) is 5.34.